The summed E-state index contributed by atoms with van der Waals surface area (Å²) in [5.74, 6) is 1.55. The molecule has 5 nitrogen and oxygen atoms in total. The fourth-order valence-corrected chi connectivity index (χ4v) is 3.37. The Hall–Kier alpha value is -2.11. The number of nitrogens with zero attached hydrogens (tertiary/aromatic N) is 2. The molecule has 1 heterocycles. The van der Waals surface area contributed by atoms with Gasteiger partial charge in [0.05, 0.1) is 18.9 Å². The molecular formula is C21H29N3O2. The summed E-state index contributed by atoms with van der Waals surface area (Å²) in [6, 6.07) is 10.0. The maximum Gasteiger partial charge on any atom is 0.124 e. The molecule has 3 rings (SSSR count). The van der Waals surface area contributed by atoms with Crippen LogP contribution in [0, 0.1) is 0 Å². The van der Waals surface area contributed by atoms with Gasteiger partial charge in [0.2, 0.25) is 0 Å². The van der Waals surface area contributed by atoms with E-state index < -0.39 is 0 Å². The van der Waals surface area contributed by atoms with Gasteiger partial charge in [0.25, 0.3) is 0 Å². The number of nitrogens with two attached hydrogens (primary N) is 1. The lowest BCUT2D eigenvalue weighted by molar-refractivity contribution is 0.0886. The molecule has 0 spiro atoms. The second kappa shape index (κ2) is 9.01. The average Bonchev–Trinajstić information content (AvgIpc) is 2.64. The Bertz CT molecular complexity index is 731. The van der Waals surface area contributed by atoms with Crippen LogP contribution in [0.4, 0.5) is 5.82 Å². The van der Waals surface area contributed by atoms with Crippen LogP contribution < -0.4 is 10.5 Å². The van der Waals surface area contributed by atoms with E-state index >= 15 is 0 Å². The van der Waals surface area contributed by atoms with E-state index in [0.29, 0.717) is 19.0 Å². The van der Waals surface area contributed by atoms with Crippen molar-refractivity contribution in [1.82, 2.24) is 9.88 Å². The summed E-state index contributed by atoms with van der Waals surface area (Å²) < 4.78 is 11.7. The topological polar surface area (TPSA) is 60.6 Å². The quantitative estimate of drug-likeness (QED) is 0.737. The Kier molecular flexibility index (Phi) is 6.47. The molecule has 26 heavy (non-hydrogen) atoms. The molecule has 1 aromatic heterocycles. The Labute approximate surface area is 156 Å². The first kappa shape index (κ1) is 18.7. The molecule has 140 valence electrons. The van der Waals surface area contributed by atoms with Crippen molar-refractivity contribution in [3.63, 3.8) is 0 Å². The molecule has 1 aromatic carbocycles. The third-order valence-corrected chi connectivity index (χ3v) is 4.71. The van der Waals surface area contributed by atoms with Crippen LogP contribution in [0.3, 0.4) is 0 Å². The van der Waals surface area contributed by atoms with Crippen molar-refractivity contribution in [2.75, 3.05) is 46.2 Å². The Morgan fingerprint density at radius 2 is 1.81 bits per heavy atom. The molecule has 0 aliphatic heterocycles. The van der Waals surface area contributed by atoms with Gasteiger partial charge in [-0.3, -0.25) is 0 Å². The van der Waals surface area contributed by atoms with E-state index in [4.69, 9.17) is 15.2 Å². The van der Waals surface area contributed by atoms with Gasteiger partial charge >= 0.3 is 0 Å². The molecule has 0 fully saturated rings. The van der Waals surface area contributed by atoms with Gasteiger partial charge in [-0.25, -0.2) is 4.98 Å². The number of benzene rings is 1. The van der Waals surface area contributed by atoms with Gasteiger partial charge in [-0.05, 0) is 75.2 Å². The van der Waals surface area contributed by atoms with Crippen LogP contribution >= 0.6 is 0 Å². The Morgan fingerprint density at radius 3 is 2.58 bits per heavy atom. The van der Waals surface area contributed by atoms with Crippen molar-refractivity contribution in [3.8, 4) is 17.0 Å². The molecule has 0 atom stereocenters. The van der Waals surface area contributed by atoms with Crippen LogP contribution in [0.1, 0.15) is 24.0 Å². The lowest BCUT2D eigenvalue weighted by Gasteiger charge is -2.23. The van der Waals surface area contributed by atoms with E-state index in [1.807, 2.05) is 32.3 Å². The number of nitrogen functional groups attached to an aromatic ring is 1. The third kappa shape index (κ3) is 4.74. The predicted molar refractivity (Wildman–Crippen MR) is 106 cm³/mol. The second-order valence-electron chi connectivity index (χ2n) is 6.99. The van der Waals surface area contributed by atoms with Gasteiger partial charge in [-0.15, -0.1) is 0 Å². The van der Waals surface area contributed by atoms with Crippen molar-refractivity contribution in [2.45, 2.75) is 25.7 Å². The number of pyridine rings is 1. The molecule has 2 N–H and O–H groups in total. The van der Waals surface area contributed by atoms with Crippen molar-refractivity contribution in [3.05, 3.63) is 41.5 Å². The number of likely N-dealkylation sites (N-methyl/N-ethyl adjacent to an activating group) is 1. The summed E-state index contributed by atoms with van der Waals surface area (Å²) in [6.07, 6.45) is 4.54. The minimum absolute atomic E-state index is 0.558. The fraction of sp³-hybridized carbons (Fsp3) is 0.476. The normalized spacial score (nSPS) is 13.7. The number of hydrogen-bond acceptors (Lipinski definition) is 5. The summed E-state index contributed by atoms with van der Waals surface area (Å²) in [5, 5.41) is 0. The van der Waals surface area contributed by atoms with Gasteiger partial charge < -0.3 is 20.1 Å². The van der Waals surface area contributed by atoms with Gasteiger partial charge in [0.15, 0.2) is 0 Å². The van der Waals surface area contributed by atoms with Gasteiger partial charge in [0, 0.05) is 12.1 Å². The lowest BCUT2D eigenvalue weighted by atomic mass is 9.86. The zero-order valence-electron chi connectivity index (χ0n) is 15.8. The Balaban J connectivity index is 1.70. The number of aromatic nitrogens is 1. The average molecular weight is 355 g/mol. The van der Waals surface area contributed by atoms with E-state index in [1.54, 1.807) is 0 Å². The van der Waals surface area contributed by atoms with Crippen LogP contribution in [-0.2, 0) is 17.6 Å². The molecule has 0 bridgehead atoms. The SMILES string of the molecule is CN(C)CCOCCOc1ccc(-c2cccc(N)n2)c2c1CCCC2. The zero-order chi connectivity index (χ0) is 18.4. The molecule has 1 aliphatic carbocycles. The van der Waals surface area contributed by atoms with Crippen LogP contribution in [0.15, 0.2) is 30.3 Å². The van der Waals surface area contributed by atoms with Gasteiger partial charge in [-0.2, -0.15) is 0 Å². The van der Waals surface area contributed by atoms with E-state index in [1.165, 1.54) is 29.5 Å². The van der Waals surface area contributed by atoms with Crippen molar-refractivity contribution < 1.29 is 9.47 Å². The molecule has 0 saturated heterocycles. The van der Waals surface area contributed by atoms with E-state index in [2.05, 4.69) is 22.0 Å². The molecule has 0 saturated carbocycles. The largest absolute Gasteiger partial charge is 0.491 e. The first-order valence-electron chi connectivity index (χ1n) is 9.38. The first-order valence-corrected chi connectivity index (χ1v) is 9.38. The summed E-state index contributed by atoms with van der Waals surface area (Å²) in [5.41, 5.74) is 10.7. The minimum Gasteiger partial charge on any atom is -0.491 e. The summed E-state index contributed by atoms with van der Waals surface area (Å²) in [7, 11) is 4.09. The Morgan fingerprint density at radius 1 is 1.00 bits per heavy atom. The molecule has 0 amide bonds. The molecule has 1 aliphatic rings. The minimum atomic E-state index is 0.558. The van der Waals surface area contributed by atoms with Crippen LogP contribution in [-0.4, -0.2) is 50.3 Å². The van der Waals surface area contributed by atoms with Crippen LogP contribution in [0.2, 0.25) is 0 Å². The smallest absolute Gasteiger partial charge is 0.124 e. The highest BCUT2D eigenvalue weighted by Gasteiger charge is 2.19. The van der Waals surface area contributed by atoms with Crippen LogP contribution in [0.25, 0.3) is 11.3 Å². The maximum absolute atomic E-state index is 6.04. The van der Waals surface area contributed by atoms with Gasteiger partial charge in [0.1, 0.15) is 18.2 Å². The number of fused-ring (bicyclic) bond motifs is 1. The fourth-order valence-electron chi connectivity index (χ4n) is 3.37. The summed E-state index contributed by atoms with van der Waals surface area (Å²) in [6.45, 7) is 2.85. The standard InChI is InChI=1S/C21H29N3O2/c1-24(2)12-13-25-14-15-26-20-11-10-17(16-6-3-4-7-18(16)20)19-8-5-9-21(22)23-19/h5,8-11H,3-4,6-7,12-15H2,1-2H3,(H2,22,23). The van der Waals surface area contributed by atoms with E-state index in [0.717, 1.165) is 37.4 Å². The molecule has 5 heteroatoms. The summed E-state index contributed by atoms with van der Waals surface area (Å²) >= 11 is 0. The molecular weight excluding hydrogens is 326 g/mol. The molecule has 0 radical (unpaired) electrons. The highest BCUT2D eigenvalue weighted by atomic mass is 16.5. The third-order valence-electron chi connectivity index (χ3n) is 4.71. The number of hydrogen-bond donors (Lipinski definition) is 1. The number of rotatable bonds is 8. The highest BCUT2D eigenvalue weighted by Crippen LogP contribution is 2.36. The monoisotopic (exact) mass is 355 g/mol. The van der Waals surface area contributed by atoms with Crippen molar-refractivity contribution in [1.29, 1.82) is 0 Å². The number of anilines is 1. The first-order chi connectivity index (χ1) is 12.6. The maximum atomic E-state index is 6.04. The molecule has 2 aromatic rings. The van der Waals surface area contributed by atoms with Crippen LogP contribution in [0.5, 0.6) is 5.75 Å². The number of ether oxygens (including phenoxy) is 2. The van der Waals surface area contributed by atoms with Gasteiger partial charge in [-0.1, -0.05) is 6.07 Å². The highest BCUT2D eigenvalue weighted by molar-refractivity contribution is 5.69. The van der Waals surface area contributed by atoms with E-state index in [9.17, 15) is 0 Å². The summed E-state index contributed by atoms with van der Waals surface area (Å²) in [4.78, 5) is 6.62. The second-order valence-corrected chi connectivity index (χ2v) is 6.99. The zero-order valence-corrected chi connectivity index (χ0v) is 15.8. The predicted octanol–water partition coefficient (Wildman–Crippen LogP) is 3.17. The van der Waals surface area contributed by atoms with E-state index in [-0.39, 0.29) is 0 Å². The van der Waals surface area contributed by atoms with Crippen molar-refractivity contribution in [2.24, 2.45) is 0 Å². The lowest BCUT2D eigenvalue weighted by Crippen LogP contribution is -2.19. The van der Waals surface area contributed by atoms with Crippen molar-refractivity contribution >= 4 is 5.82 Å². The molecule has 0 unspecified atom stereocenters.